The van der Waals surface area contributed by atoms with Gasteiger partial charge in [-0.25, -0.2) is 0 Å². The molecule has 0 heterocycles. The molecular weight excluding hydrogens is 324 g/mol. The van der Waals surface area contributed by atoms with Crippen LogP contribution in [0, 0.1) is 0 Å². The number of unbranched alkanes of at least 4 members (excludes halogenated alkanes) is 15. The predicted molar refractivity (Wildman–Crippen MR) is 131 cm³/mol. The van der Waals surface area contributed by atoms with Crippen LogP contribution in [-0.2, 0) is 0 Å². The van der Waals surface area contributed by atoms with Crippen LogP contribution in [0.15, 0.2) is 38.0 Å². The molecule has 0 spiro atoms. The number of hydrogen-bond donors (Lipinski definition) is 0. The number of rotatable bonds is 18. The summed E-state index contributed by atoms with van der Waals surface area (Å²) in [6, 6.07) is 0. The molecule has 0 heteroatoms. The van der Waals surface area contributed by atoms with Crippen LogP contribution in [0.1, 0.15) is 136 Å². The van der Waals surface area contributed by atoms with Crippen LogP contribution in [0.2, 0.25) is 0 Å². The summed E-state index contributed by atoms with van der Waals surface area (Å²) in [6.45, 7) is 17.8. The maximum absolute atomic E-state index is 3.69. The molecule has 0 N–H and O–H groups in total. The molecule has 0 rings (SSSR count). The van der Waals surface area contributed by atoms with Gasteiger partial charge in [-0.3, -0.25) is 0 Å². The summed E-state index contributed by atoms with van der Waals surface area (Å²) in [6.07, 6.45) is 30.2. The molecular formula is C27H54. The van der Waals surface area contributed by atoms with Gasteiger partial charge in [-0.05, 0) is 38.5 Å². The van der Waals surface area contributed by atoms with Crippen LogP contribution in [0.5, 0.6) is 0 Å². The second-order valence-corrected chi connectivity index (χ2v) is 7.47. The van der Waals surface area contributed by atoms with E-state index < -0.39 is 0 Å². The third-order valence-corrected chi connectivity index (χ3v) is 4.54. The fourth-order valence-electron chi connectivity index (χ4n) is 2.68. The van der Waals surface area contributed by atoms with Gasteiger partial charge in [-0.15, -0.1) is 19.7 Å². The smallest absolute Gasteiger partial charge is 0.0353 e. The van der Waals surface area contributed by atoms with Gasteiger partial charge < -0.3 is 0 Å². The van der Waals surface area contributed by atoms with E-state index in [9.17, 15) is 0 Å². The number of hydrogen-bond acceptors (Lipinski definition) is 0. The molecule has 0 unspecified atom stereocenters. The van der Waals surface area contributed by atoms with Crippen LogP contribution in [0.25, 0.3) is 0 Å². The molecule has 0 aromatic rings. The molecule has 0 radical (unpaired) electrons. The van der Waals surface area contributed by atoms with Crippen LogP contribution in [-0.4, -0.2) is 0 Å². The van der Waals surface area contributed by atoms with E-state index in [1.165, 1.54) is 116 Å². The summed E-state index contributed by atoms with van der Waals surface area (Å²) in [5.74, 6) is 0. The Morgan fingerprint density at radius 2 is 0.593 bits per heavy atom. The molecule has 0 aromatic carbocycles. The van der Waals surface area contributed by atoms with Crippen molar-refractivity contribution in [3.63, 3.8) is 0 Å². The average molecular weight is 379 g/mol. The average Bonchev–Trinajstić information content (AvgIpc) is 2.69. The minimum absolute atomic E-state index is 1.19. The van der Waals surface area contributed by atoms with Gasteiger partial charge in [-0.2, -0.15) is 0 Å². The lowest BCUT2D eigenvalue weighted by Gasteiger charge is -1.96. The Kier molecular flexibility index (Phi) is 41.5. The van der Waals surface area contributed by atoms with Crippen LogP contribution < -0.4 is 0 Å². The Labute approximate surface area is 174 Å². The fourth-order valence-corrected chi connectivity index (χ4v) is 2.68. The van der Waals surface area contributed by atoms with Crippen molar-refractivity contribution in [2.24, 2.45) is 0 Å². The largest absolute Gasteiger partial charge is 0.103 e. The SMILES string of the molecule is C=CCCCCCC.C=CCCCCCCC.C=CCCCCCCCC. The van der Waals surface area contributed by atoms with E-state index in [1.807, 2.05) is 18.2 Å². The highest BCUT2D eigenvalue weighted by Gasteiger charge is 1.87. The van der Waals surface area contributed by atoms with E-state index in [1.54, 1.807) is 0 Å². The van der Waals surface area contributed by atoms with E-state index in [0.29, 0.717) is 0 Å². The zero-order valence-corrected chi connectivity index (χ0v) is 19.6. The molecule has 162 valence electrons. The Morgan fingerprint density at radius 1 is 0.370 bits per heavy atom. The third kappa shape index (κ3) is 45.9. The Bertz CT molecular complexity index is 251. The van der Waals surface area contributed by atoms with Gasteiger partial charge >= 0.3 is 0 Å². The van der Waals surface area contributed by atoms with Gasteiger partial charge in [0.15, 0.2) is 0 Å². The molecule has 0 aliphatic carbocycles. The Morgan fingerprint density at radius 3 is 0.852 bits per heavy atom. The monoisotopic (exact) mass is 378 g/mol. The molecule has 0 atom stereocenters. The van der Waals surface area contributed by atoms with Crippen LogP contribution >= 0.6 is 0 Å². The maximum Gasteiger partial charge on any atom is -0.0353 e. The molecule has 27 heavy (non-hydrogen) atoms. The molecule has 0 aliphatic rings. The lowest BCUT2D eigenvalue weighted by Crippen LogP contribution is -1.76. The first-order valence-corrected chi connectivity index (χ1v) is 12.1. The second kappa shape index (κ2) is 36.2. The first-order valence-electron chi connectivity index (χ1n) is 12.1. The van der Waals surface area contributed by atoms with E-state index >= 15 is 0 Å². The standard InChI is InChI=1S/C10H20.C9H18.C8H16/c1-3-5-7-9-10-8-6-4-2;1-3-5-7-9-8-6-4-2;1-3-5-7-8-6-4-2/h3H,1,4-10H2,2H3;3H,1,4-9H2,2H3;3H,1,4-8H2,2H3. The highest BCUT2D eigenvalue weighted by atomic mass is 13.9. The van der Waals surface area contributed by atoms with Gasteiger partial charge in [0.2, 0.25) is 0 Å². The zero-order valence-electron chi connectivity index (χ0n) is 19.6. The maximum atomic E-state index is 3.69. The predicted octanol–water partition coefficient (Wildman–Crippen LogP) is 10.6. The van der Waals surface area contributed by atoms with Crippen LogP contribution in [0.4, 0.5) is 0 Å². The molecule has 0 saturated heterocycles. The van der Waals surface area contributed by atoms with Gasteiger partial charge in [0.1, 0.15) is 0 Å². The van der Waals surface area contributed by atoms with Crippen molar-refractivity contribution in [3.8, 4) is 0 Å². The van der Waals surface area contributed by atoms with Crippen molar-refractivity contribution in [2.45, 2.75) is 136 Å². The molecule has 0 saturated carbocycles. The number of allylic oxidation sites excluding steroid dienone is 3. The van der Waals surface area contributed by atoms with Crippen molar-refractivity contribution in [2.75, 3.05) is 0 Å². The zero-order chi connectivity index (χ0) is 20.8. The lowest BCUT2D eigenvalue weighted by atomic mass is 10.1. The minimum Gasteiger partial charge on any atom is -0.103 e. The van der Waals surface area contributed by atoms with E-state index in [2.05, 4.69) is 40.5 Å². The fraction of sp³-hybridized carbons (Fsp3) is 0.778. The minimum atomic E-state index is 1.19. The summed E-state index contributed by atoms with van der Waals surface area (Å²) in [5.41, 5.74) is 0. The molecule has 0 aromatic heterocycles. The van der Waals surface area contributed by atoms with Crippen molar-refractivity contribution in [1.29, 1.82) is 0 Å². The van der Waals surface area contributed by atoms with E-state index in [0.717, 1.165) is 0 Å². The van der Waals surface area contributed by atoms with E-state index in [-0.39, 0.29) is 0 Å². The lowest BCUT2D eigenvalue weighted by molar-refractivity contribution is 0.611. The van der Waals surface area contributed by atoms with E-state index in [4.69, 9.17) is 0 Å². The van der Waals surface area contributed by atoms with Gasteiger partial charge in [0, 0.05) is 0 Å². The molecule has 0 amide bonds. The third-order valence-electron chi connectivity index (χ3n) is 4.54. The highest BCUT2D eigenvalue weighted by Crippen LogP contribution is 2.06. The quantitative estimate of drug-likeness (QED) is 0.164. The summed E-state index contributed by atoms with van der Waals surface area (Å²) >= 11 is 0. The first-order chi connectivity index (χ1) is 13.2. The summed E-state index contributed by atoms with van der Waals surface area (Å²) < 4.78 is 0. The van der Waals surface area contributed by atoms with Crippen molar-refractivity contribution >= 4 is 0 Å². The van der Waals surface area contributed by atoms with Gasteiger partial charge in [0.25, 0.3) is 0 Å². The molecule has 0 bridgehead atoms. The van der Waals surface area contributed by atoms with Crippen LogP contribution in [0.3, 0.4) is 0 Å². The molecule has 0 fully saturated rings. The molecule has 0 nitrogen and oxygen atoms in total. The topological polar surface area (TPSA) is 0 Å². The second-order valence-electron chi connectivity index (χ2n) is 7.47. The van der Waals surface area contributed by atoms with Crippen molar-refractivity contribution in [3.05, 3.63) is 38.0 Å². The summed E-state index contributed by atoms with van der Waals surface area (Å²) in [7, 11) is 0. The molecule has 0 aliphatic heterocycles. The normalized spacial score (nSPS) is 9.44. The van der Waals surface area contributed by atoms with Crippen molar-refractivity contribution in [1.82, 2.24) is 0 Å². The highest BCUT2D eigenvalue weighted by molar-refractivity contribution is 4.66. The van der Waals surface area contributed by atoms with Gasteiger partial charge in [0.05, 0.1) is 0 Å². The van der Waals surface area contributed by atoms with Crippen molar-refractivity contribution < 1.29 is 0 Å². The summed E-state index contributed by atoms with van der Waals surface area (Å²) in [5, 5.41) is 0. The Hall–Kier alpha value is -0.780. The summed E-state index contributed by atoms with van der Waals surface area (Å²) in [4.78, 5) is 0. The van der Waals surface area contributed by atoms with Gasteiger partial charge in [-0.1, -0.05) is 116 Å². The first kappa shape index (κ1) is 30.9. The Balaban J connectivity index is -0.000000322.